The summed E-state index contributed by atoms with van der Waals surface area (Å²) in [5, 5.41) is 12.6. The van der Waals surface area contributed by atoms with Crippen LogP contribution < -0.4 is 10.1 Å². The third-order valence-corrected chi connectivity index (χ3v) is 7.69. The summed E-state index contributed by atoms with van der Waals surface area (Å²) in [4.78, 5) is 39.5. The van der Waals surface area contributed by atoms with Crippen LogP contribution in [-0.4, -0.2) is 59.2 Å². The lowest BCUT2D eigenvalue weighted by atomic mass is 9.74. The van der Waals surface area contributed by atoms with Crippen molar-refractivity contribution in [3.63, 3.8) is 0 Å². The molecule has 2 amide bonds. The lowest BCUT2D eigenvalue weighted by molar-refractivity contribution is -0.156. The third kappa shape index (κ3) is 7.22. The number of carbonyl (C=O) groups excluding carboxylic acids is 2. The zero-order valence-electron chi connectivity index (χ0n) is 24.3. The van der Waals surface area contributed by atoms with Crippen molar-refractivity contribution < 1.29 is 37.7 Å². The summed E-state index contributed by atoms with van der Waals surface area (Å²) < 4.78 is 41.2. The van der Waals surface area contributed by atoms with Crippen LogP contribution in [0.5, 0.6) is 5.75 Å². The van der Waals surface area contributed by atoms with Gasteiger partial charge in [-0.3, -0.25) is 4.79 Å². The second-order valence-corrected chi connectivity index (χ2v) is 10.5. The molecular weight excluding hydrogens is 534 g/mol. The molecule has 1 atom stereocenters. The molecule has 2 N–H and O–H groups in total. The van der Waals surface area contributed by atoms with E-state index < -0.39 is 35.9 Å². The fourth-order valence-electron chi connectivity index (χ4n) is 5.38. The minimum Gasteiger partial charge on any atom is -0.493 e. The van der Waals surface area contributed by atoms with Gasteiger partial charge in [-0.2, -0.15) is 0 Å². The number of urea groups is 1. The third-order valence-electron chi connectivity index (χ3n) is 7.69. The van der Waals surface area contributed by atoms with Gasteiger partial charge >= 0.3 is 12.0 Å². The van der Waals surface area contributed by atoms with E-state index in [9.17, 15) is 28.3 Å². The van der Waals surface area contributed by atoms with Gasteiger partial charge in [0.2, 0.25) is 0 Å². The molecule has 1 fully saturated rings. The second kappa shape index (κ2) is 13.4. The average Bonchev–Trinajstić information content (AvgIpc) is 2.90. The Morgan fingerprint density at radius 2 is 1.78 bits per heavy atom. The van der Waals surface area contributed by atoms with E-state index in [2.05, 4.69) is 5.32 Å². The molecule has 0 bridgehead atoms. The molecule has 0 spiro atoms. The summed E-state index contributed by atoms with van der Waals surface area (Å²) in [5.41, 5.74) is 0.0934. The van der Waals surface area contributed by atoms with Crippen LogP contribution in [0.25, 0.3) is 0 Å². The van der Waals surface area contributed by atoms with E-state index in [-0.39, 0.29) is 43.3 Å². The molecule has 2 aromatic rings. The number of rotatable bonds is 14. The highest BCUT2D eigenvalue weighted by Crippen LogP contribution is 2.38. The fourth-order valence-corrected chi connectivity index (χ4v) is 5.38. The minimum absolute atomic E-state index is 0.0375. The highest BCUT2D eigenvalue weighted by Gasteiger charge is 2.53. The van der Waals surface area contributed by atoms with E-state index in [0.29, 0.717) is 35.7 Å². The van der Waals surface area contributed by atoms with Crippen LogP contribution in [0, 0.1) is 6.92 Å². The fraction of sp³-hybridized carbons (Fsp3) is 0.516. The van der Waals surface area contributed by atoms with E-state index in [1.165, 1.54) is 24.0 Å². The number of Topliss-reactive ketones (excluding diaryl/α,β-unsaturated/α-hetero) is 1. The molecule has 0 radical (unpaired) electrons. The standard InChI is InChI=1S/C31H40F2N2O6/c1-6-40-24-18-30(19-24,28(37)38)34-29(39)35(17-11-16-31(32,33)23-12-9-8-10-13-23)21(4)25-14-15-26(22(5)36)27(20(25)3)41-7-2/h8-10,12-15,21,24H,6-7,11,16-19H2,1-5H3,(H,34,39)(H,37,38)/t21-,24?,30?/m1/s1. The van der Waals surface area contributed by atoms with Gasteiger partial charge in [-0.05, 0) is 58.2 Å². The van der Waals surface area contributed by atoms with Crippen LogP contribution in [0.15, 0.2) is 42.5 Å². The number of halogens is 2. The Bertz CT molecular complexity index is 1230. The number of amides is 2. The van der Waals surface area contributed by atoms with Crippen molar-refractivity contribution in [3.8, 4) is 5.75 Å². The average molecular weight is 575 g/mol. The second-order valence-electron chi connectivity index (χ2n) is 10.5. The Labute approximate surface area is 240 Å². The number of aliphatic carboxylic acids is 1. The molecule has 0 saturated heterocycles. The quantitative estimate of drug-likeness (QED) is 0.258. The molecule has 1 saturated carbocycles. The Hall–Kier alpha value is -3.53. The van der Waals surface area contributed by atoms with Gasteiger partial charge < -0.3 is 24.8 Å². The van der Waals surface area contributed by atoms with Gasteiger partial charge in [-0.25, -0.2) is 18.4 Å². The molecule has 0 aromatic heterocycles. The summed E-state index contributed by atoms with van der Waals surface area (Å²) in [6, 6.07) is 9.53. The van der Waals surface area contributed by atoms with Gasteiger partial charge in [0.05, 0.1) is 24.3 Å². The molecule has 2 aromatic carbocycles. The Morgan fingerprint density at radius 3 is 2.34 bits per heavy atom. The van der Waals surface area contributed by atoms with Gasteiger partial charge in [0.25, 0.3) is 5.92 Å². The maximum atomic E-state index is 15.0. The number of ether oxygens (including phenoxy) is 2. The first-order valence-corrected chi connectivity index (χ1v) is 14.0. The van der Waals surface area contributed by atoms with E-state index in [1.807, 2.05) is 6.92 Å². The van der Waals surface area contributed by atoms with E-state index in [1.54, 1.807) is 51.1 Å². The SMILES string of the molecule is CCOc1c(C(C)=O)ccc([C@@H](C)N(CCCC(F)(F)c2ccccc2)C(=O)NC2(C(=O)O)CC(OCC)C2)c1C. The molecule has 0 unspecified atom stereocenters. The van der Waals surface area contributed by atoms with Crippen molar-refractivity contribution in [2.75, 3.05) is 19.8 Å². The largest absolute Gasteiger partial charge is 0.493 e. The number of alkyl halides is 2. The van der Waals surface area contributed by atoms with Crippen molar-refractivity contribution in [2.24, 2.45) is 0 Å². The summed E-state index contributed by atoms with van der Waals surface area (Å²) in [6.45, 7) is 9.25. The van der Waals surface area contributed by atoms with Crippen LogP contribution >= 0.6 is 0 Å². The van der Waals surface area contributed by atoms with E-state index in [4.69, 9.17) is 9.47 Å². The molecule has 10 heteroatoms. The lowest BCUT2D eigenvalue weighted by Crippen LogP contribution is -2.66. The molecule has 3 rings (SSSR count). The predicted molar refractivity (Wildman–Crippen MR) is 151 cm³/mol. The first-order chi connectivity index (χ1) is 19.4. The van der Waals surface area contributed by atoms with Crippen LogP contribution in [0.3, 0.4) is 0 Å². The number of hydrogen-bond donors (Lipinski definition) is 2. The van der Waals surface area contributed by atoms with E-state index >= 15 is 0 Å². The molecule has 1 aliphatic rings. The molecule has 224 valence electrons. The zero-order valence-corrected chi connectivity index (χ0v) is 24.3. The zero-order chi connectivity index (χ0) is 30.4. The summed E-state index contributed by atoms with van der Waals surface area (Å²) >= 11 is 0. The number of carboxylic acids is 1. The Balaban J connectivity index is 1.90. The Morgan fingerprint density at radius 1 is 1.12 bits per heavy atom. The van der Waals surface area contributed by atoms with Gasteiger partial charge in [0.1, 0.15) is 11.3 Å². The number of ketones is 1. The maximum absolute atomic E-state index is 15.0. The molecule has 0 aliphatic heterocycles. The van der Waals surface area contributed by atoms with Crippen molar-refractivity contribution in [2.45, 2.75) is 83.9 Å². The van der Waals surface area contributed by atoms with Gasteiger partial charge in [-0.1, -0.05) is 36.4 Å². The normalized spacial score (nSPS) is 19.1. The smallest absolute Gasteiger partial charge is 0.329 e. The summed E-state index contributed by atoms with van der Waals surface area (Å²) in [7, 11) is 0. The van der Waals surface area contributed by atoms with Gasteiger partial charge in [0, 0.05) is 38.0 Å². The summed E-state index contributed by atoms with van der Waals surface area (Å²) in [5.74, 6) is -4.05. The van der Waals surface area contributed by atoms with Crippen LogP contribution in [0.2, 0.25) is 0 Å². The number of nitrogens with one attached hydrogen (secondary N) is 1. The van der Waals surface area contributed by atoms with Crippen molar-refractivity contribution >= 4 is 17.8 Å². The number of carboxylic acid groups (broad SMARTS) is 1. The lowest BCUT2D eigenvalue weighted by Gasteiger charge is -2.45. The van der Waals surface area contributed by atoms with Crippen LogP contribution in [0.1, 0.15) is 86.5 Å². The van der Waals surface area contributed by atoms with Crippen molar-refractivity contribution in [1.82, 2.24) is 10.2 Å². The molecule has 41 heavy (non-hydrogen) atoms. The Kier molecular flexibility index (Phi) is 10.5. The highest BCUT2D eigenvalue weighted by atomic mass is 19.3. The van der Waals surface area contributed by atoms with Crippen LogP contribution in [0.4, 0.5) is 13.6 Å². The van der Waals surface area contributed by atoms with Gasteiger partial charge in [-0.15, -0.1) is 0 Å². The van der Waals surface area contributed by atoms with Crippen LogP contribution in [-0.2, 0) is 15.5 Å². The number of benzene rings is 2. The number of hydrogen-bond acceptors (Lipinski definition) is 5. The molecular formula is C31H40F2N2O6. The first kappa shape index (κ1) is 32.0. The van der Waals surface area contributed by atoms with Gasteiger partial charge in [0.15, 0.2) is 5.78 Å². The molecule has 1 aliphatic carbocycles. The highest BCUT2D eigenvalue weighted by molar-refractivity contribution is 5.97. The molecule has 0 heterocycles. The van der Waals surface area contributed by atoms with E-state index in [0.717, 1.165) is 0 Å². The number of carbonyl (C=O) groups is 3. The summed E-state index contributed by atoms with van der Waals surface area (Å²) in [6.07, 6.45) is -0.615. The van der Waals surface area contributed by atoms with Crippen molar-refractivity contribution in [3.05, 3.63) is 64.7 Å². The topological polar surface area (TPSA) is 105 Å². The van der Waals surface area contributed by atoms with Crippen molar-refractivity contribution in [1.29, 1.82) is 0 Å². The predicted octanol–water partition coefficient (Wildman–Crippen LogP) is 6.26. The monoisotopic (exact) mass is 574 g/mol. The minimum atomic E-state index is -3.10. The number of nitrogens with zero attached hydrogens (tertiary/aromatic N) is 1. The maximum Gasteiger partial charge on any atom is 0.329 e. The molecule has 8 nitrogen and oxygen atoms in total. The first-order valence-electron chi connectivity index (χ1n) is 14.0.